The Hall–Kier alpha value is -1.57. The van der Waals surface area contributed by atoms with E-state index in [1.165, 1.54) is 4.88 Å². The smallest absolute Gasteiger partial charge is 0.223 e. The summed E-state index contributed by atoms with van der Waals surface area (Å²) < 4.78 is 11.7. The van der Waals surface area contributed by atoms with Gasteiger partial charge in [0.05, 0.1) is 18.7 Å². The van der Waals surface area contributed by atoms with Crippen molar-refractivity contribution in [2.75, 3.05) is 33.9 Å². The first-order valence-electron chi connectivity index (χ1n) is 9.54. The van der Waals surface area contributed by atoms with Gasteiger partial charge >= 0.3 is 0 Å². The minimum atomic E-state index is 0.119. The quantitative estimate of drug-likeness (QED) is 0.635. The second kappa shape index (κ2) is 10.3. The summed E-state index contributed by atoms with van der Waals surface area (Å²) in [5.74, 6) is 1.76. The second-order valence-electron chi connectivity index (χ2n) is 6.94. The number of hydrogen-bond donors (Lipinski definition) is 1. The fraction of sp³-hybridized carbons (Fsp3) is 0.476. The molecule has 1 N–H and O–H groups in total. The van der Waals surface area contributed by atoms with E-state index in [4.69, 9.17) is 9.47 Å². The van der Waals surface area contributed by atoms with Gasteiger partial charge < -0.3 is 14.8 Å². The number of carbonyl (C=O) groups excluding carboxylic acids is 1. The van der Waals surface area contributed by atoms with Crippen molar-refractivity contribution in [1.82, 2.24) is 10.2 Å². The summed E-state index contributed by atoms with van der Waals surface area (Å²) in [6.45, 7) is 3.39. The number of nitrogens with zero attached hydrogens (tertiary/aromatic N) is 1. The molecule has 7 heteroatoms. The second-order valence-corrected chi connectivity index (χ2v) is 8.77. The van der Waals surface area contributed by atoms with Gasteiger partial charge in [-0.3, -0.25) is 9.69 Å². The van der Waals surface area contributed by atoms with Crippen molar-refractivity contribution in [3.05, 3.63) is 44.6 Å². The molecule has 2 aromatic rings. The van der Waals surface area contributed by atoms with Gasteiger partial charge in [0.25, 0.3) is 0 Å². The number of thiophene rings is 1. The third kappa shape index (κ3) is 5.27. The summed E-state index contributed by atoms with van der Waals surface area (Å²) >= 11 is 5.38. The Kier molecular flexibility index (Phi) is 7.76. The Labute approximate surface area is 179 Å². The lowest BCUT2D eigenvalue weighted by Gasteiger charge is -2.31. The van der Waals surface area contributed by atoms with Crippen molar-refractivity contribution in [1.29, 1.82) is 0 Å². The predicted molar refractivity (Wildman–Crippen MR) is 116 cm³/mol. The third-order valence-corrected chi connectivity index (χ3v) is 6.97. The fourth-order valence-electron chi connectivity index (χ4n) is 3.55. The van der Waals surface area contributed by atoms with E-state index in [-0.39, 0.29) is 11.8 Å². The third-order valence-electron chi connectivity index (χ3n) is 5.17. The number of halogens is 1. The van der Waals surface area contributed by atoms with E-state index in [1.54, 1.807) is 25.6 Å². The number of hydrogen-bond acceptors (Lipinski definition) is 5. The average Bonchev–Trinajstić information content (AvgIpc) is 3.23. The number of ether oxygens (including phenoxy) is 2. The number of benzene rings is 1. The van der Waals surface area contributed by atoms with Gasteiger partial charge in [-0.1, -0.05) is 12.1 Å². The van der Waals surface area contributed by atoms with Crippen LogP contribution in [0, 0.1) is 5.92 Å². The minimum Gasteiger partial charge on any atom is -0.493 e. The zero-order valence-corrected chi connectivity index (χ0v) is 18.8. The Morgan fingerprint density at radius 1 is 1.25 bits per heavy atom. The molecule has 3 rings (SSSR count). The number of carbonyl (C=O) groups is 1. The molecule has 28 heavy (non-hydrogen) atoms. The van der Waals surface area contributed by atoms with Crippen LogP contribution in [0.4, 0.5) is 0 Å². The lowest BCUT2D eigenvalue weighted by molar-refractivity contribution is -0.126. The molecular weight excluding hydrogens is 440 g/mol. The number of likely N-dealkylation sites (tertiary alicyclic amines) is 1. The van der Waals surface area contributed by atoms with Crippen LogP contribution in [0.1, 0.15) is 23.3 Å². The summed E-state index contributed by atoms with van der Waals surface area (Å²) in [6, 6.07) is 8.16. The van der Waals surface area contributed by atoms with E-state index in [0.717, 1.165) is 67.0 Å². The zero-order chi connectivity index (χ0) is 19.9. The average molecular weight is 467 g/mol. The molecule has 0 unspecified atom stereocenters. The first kappa shape index (κ1) is 21.1. The Morgan fingerprint density at radius 2 is 2.04 bits per heavy atom. The van der Waals surface area contributed by atoms with Gasteiger partial charge in [0.2, 0.25) is 5.91 Å². The molecular formula is C21H27BrN2O3S. The Bertz CT molecular complexity index is 774. The SMILES string of the molecule is COc1ccc(CN2CCC(C(=O)NCCc3cccs3)CC2)c(Br)c1OC. The first-order valence-corrected chi connectivity index (χ1v) is 11.2. The molecule has 0 bridgehead atoms. The normalized spacial score (nSPS) is 15.4. The van der Waals surface area contributed by atoms with Gasteiger partial charge in [0, 0.05) is 23.9 Å². The molecule has 0 spiro atoms. The molecule has 1 aromatic carbocycles. The van der Waals surface area contributed by atoms with Crippen LogP contribution < -0.4 is 14.8 Å². The van der Waals surface area contributed by atoms with E-state index >= 15 is 0 Å². The van der Waals surface area contributed by atoms with E-state index in [0.29, 0.717) is 0 Å². The van der Waals surface area contributed by atoms with E-state index < -0.39 is 0 Å². The highest BCUT2D eigenvalue weighted by molar-refractivity contribution is 9.10. The van der Waals surface area contributed by atoms with Gasteiger partial charge in [-0.2, -0.15) is 0 Å². The number of rotatable bonds is 8. The monoisotopic (exact) mass is 466 g/mol. The van der Waals surface area contributed by atoms with Gasteiger partial charge in [-0.15, -0.1) is 11.3 Å². The highest BCUT2D eigenvalue weighted by Crippen LogP contribution is 2.38. The van der Waals surface area contributed by atoms with Crippen molar-refractivity contribution in [2.45, 2.75) is 25.8 Å². The Morgan fingerprint density at radius 3 is 2.68 bits per heavy atom. The van der Waals surface area contributed by atoms with E-state index in [9.17, 15) is 4.79 Å². The standard InChI is InChI=1S/C21H27BrN2O3S/c1-26-18-6-5-16(19(22)20(18)27-2)14-24-11-8-15(9-12-24)21(25)23-10-7-17-4-3-13-28-17/h3-6,13,15H,7-12,14H2,1-2H3,(H,23,25). The predicted octanol–water partition coefficient (Wildman–Crippen LogP) is 4.10. The van der Waals surface area contributed by atoms with Crippen molar-refractivity contribution >= 4 is 33.2 Å². The highest BCUT2D eigenvalue weighted by atomic mass is 79.9. The van der Waals surface area contributed by atoms with Crippen molar-refractivity contribution < 1.29 is 14.3 Å². The molecule has 0 radical (unpaired) electrons. The molecule has 0 atom stereocenters. The molecule has 2 heterocycles. The minimum absolute atomic E-state index is 0.119. The summed E-state index contributed by atoms with van der Waals surface area (Å²) in [6.07, 6.45) is 2.71. The number of amides is 1. The van der Waals surface area contributed by atoms with Crippen molar-refractivity contribution in [2.24, 2.45) is 5.92 Å². The molecule has 152 valence electrons. The maximum Gasteiger partial charge on any atom is 0.223 e. The van der Waals surface area contributed by atoms with Crippen LogP contribution in [0.25, 0.3) is 0 Å². The Balaban J connectivity index is 1.47. The number of piperidine rings is 1. The maximum atomic E-state index is 12.4. The lowest BCUT2D eigenvalue weighted by atomic mass is 9.95. The van der Waals surface area contributed by atoms with Gasteiger partial charge in [-0.05, 0) is 71.4 Å². The summed E-state index contributed by atoms with van der Waals surface area (Å²) in [4.78, 5) is 16.1. The topological polar surface area (TPSA) is 50.8 Å². The molecule has 0 saturated carbocycles. The number of nitrogens with one attached hydrogen (secondary N) is 1. The van der Waals surface area contributed by atoms with Crippen LogP contribution >= 0.6 is 27.3 Å². The van der Waals surface area contributed by atoms with Crippen LogP contribution in [0.15, 0.2) is 34.1 Å². The van der Waals surface area contributed by atoms with Crippen molar-refractivity contribution in [3.63, 3.8) is 0 Å². The fourth-order valence-corrected chi connectivity index (χ4v) is 4.88. The van der Waals surface area contributed by atoms with Crippen LogP contribution in [0.2, 0.25) is 0 Å². The zero-order valence-electron chi connectivity index (χ0n) is 16.4. The molecule has 1 aliphatic heterocycles. The van der Waals surface area contributed by atoms with Crippen LogP contribution in [-0.4, -0.2) is 44.7 Å². The van der Waals surface area contributed by atoms with E-state index in [1.807, 2.05) is 12.1 Å². The molecule has 1 amide bonds. The van der Waals surface area contributed by atoms with Gasteiger partial charge in [0.1, 0.15) is 0 Å². The lowest BCUT2D eigenvalue weighted by Crippen LogP contribution is -2.40. The highest BCUT2D eigenvalue weighted by Gasteiger charge is 2.25. The molecule has 1 fully saturated rings. The van der Waals surface area contributed by atoms with Gasteiger partial charge in [-0.25, -0.2) is 0 Å². The molecule has 0 aliphatic carbocycles. The van der Waals surface area contributed by atoms with Crippen molar-refractivity contribution in [3.8, 4) is 11.5 Å². The molecule has 1 saturated heterocycles. The summed E-state index contributed by atoms with van der Waals surface area (Å²) in [7, 11) is 3.29. The summed E-state index contributed by atoms with van der Waals surface area (Å²) in [5.41, 5.74) is 1.16. The summed E-state index contributed by atoms with van der Waals surface area (Å²) in [5, 5.41) is 5.18. The van der Waals surface area contributed by atoms with Crippen LogP contribution in [0.3, 0.4) is 0 Å². The van der Waals surface area contributed by atoms with E-state index in [2.05, 4.69) is 43.7 Å². The maximum absolute atomic E-state index is 12.4. The number of methoxy groups -OCH3 is 2. The first-order chi connectivity index (χ1) is 13.6. The molecule has 5 nitrogen and oxygen atoms in total. The molecule has 1 aliphatic rings. The largest absolute Gasteiger partial charge is 0.493 e. The van der Waals surface area contributed by atoms with Gasteiger partial charge in [0.15, 0.2) is 11.5 Å². The van der Waals surface area contributed by atoms with Crippen LogP contribution in [0.5, 0.6) is 11.5 Å². The molecule has 1 aromatic heterocycles. The van der Waals surface area contributed by atoms with Crippen LogP contribution in [-0.2, 0) is 17.8 Å².